The lowest BCUT2D eigenvalue weighted by Crippen LogP contribution is -2.31. The molecule has 1 aliphatic carbocycles. The highest BCUT2D eigenvalue weighted by atomic mass is 32.2. The van der Waals surface area contributed by atoms with E-state index < -0.39 is 44.4 Å². The number of benzene rings is 1. The molecule has 0 unspecified atom stereocenters. The lowest BCUT2D eigenvalue weighted by Gasteiger charge is -2.26. The number of amides is 1. The first-order valence-corrected chi connectivity index (χ1v) is 13.5. The molecule has 1 aromatic heterocycles. The first-order valence-electron chi connectivity index (χ1n) is 11.9. The van der Waals surface area contributed by atoms with E-state index in [-0.39, 0.29) is 40.1 Å². The molecule has 200 valence electrons. The highest BCUT2D eigenvalue weighted by Gasteiger charge is 2.38. The Morgan fingerprint density at radius 2 is 1.86 bits per heavy atom. The van der Waals surface area contributed by atoms with Crippen molar-refractivity contribution in [2.24, 2.45) is 0 Å². The number of anilines is 1. The third-order valence-corrected chi connectivity index (χ3v) is 7.56. The van der Waals surface area contributed by atoms with Crippen LogP contribution in [0.15, 0.2) is 27.9 Å². The van der Waals surface area contributed by atoms with Gasteiger partial charge in [-0.2, -0.15) is 0 Å². The topological polar surface area (TPSA) is 150 Å². The number of rotatable bonds is 8. The van der Waals surface area contributed by atoms with Crippen molar-refractivity contribution in [3.05, 3.63) is 39.7 Å². The largest absolute Gasteiger partial charge is 0.491 e. The van der Waals surface area contributed by atoms with Gasteiger partial charge in [0.05, 0.1) is 28.6 Å². The average molecular weight is 535 g/mol. The molecule has 12 heteroatoms. The summed E-state index contributed by atoms with van der Waals surface area (Å²) in [6.07, 6.45) is 1.09. The van der Waals surface area contributed by atoms with Crippen molar-refractivity contribution < 1.29 is 37.3 Å². The summed E-state index contributed by atoms with van der Waals surface area (Å²) >= 11 is 0. The summed E-state index contributed by atoms with van der Waals surface area (Å²) in [5.41, 5.74) is -1.06. The van der Waals surface area contributed by atoms with Crippen molar-refractivity contribution in [3.8, 4) is 17.0 Å². The van der Waals surface area contributed by atoms with Crippen LogP contribution in [0.2, 0.25) is 0 Å². The van der Waals surface area contributed by atoms with E-state index in [4.69, 9.17) is 14.2 Å². The number of carboxylic acids is 1. The zero-order chi connectivity index (χ0) is 27.1. The Balaban J connectivity index is 1.91. The van der Waals surface area contributed by atoms with E-state index in [0.717, 1.165) is 6.07 Å². The van der Waals surface area contributed by atoms with Crippen molar-refractivity contribution in [1.82, 2.24) is 4.57 Å². The summed E-state index contributed by atoms with van der Waals surface area (Å²) in [7, 11) is -2.37. The maximum atomic E-state index is 13.3. The van der Waals surface area contributed by atoms with Gasteiger partial charge >= 0.3 is 12.1 Å². The smallest absolute Gasteiger partial charge is 0.412 e. The molecule has 1 amide bonds. The third kappa shape index (κ3) is 5.64. The Kier molecular flexibility index (Phi) is 7.08. The molecule has 0 atom stereocenters. The molecule has 1 aromatic carbocycles. The molecule has 1 fully saturated rings. The average Bonchev–Trinajstić information content (AvgIpc) is 3.60. The molecule has 4 rings (SSSR count). The summed E-state index contributed by atoms with van der Waals surface area (Å²) < 4.78 is 44.2. The number of fused-ring (bicyclic) bond motifs is 3. The number of sulfone groups is 1. The number of methoxy groups -OCH3 is 1. The van der Waals surface area contributed by atoms with Crippen LogP contribution in [0.3, 0.4) is 0 Å². The first kappa shape index (κ1) is 26.7. The van der Waals surface area contributed by atoms with Crippen LogP contribution >= 0.6 is 0 Å². The number of hydrogen-bond donors (Lipinski definition) is 2. The van der Waals surface area contributed by atoms with Crippen molar-refractivity contribution in [1.29, 1.82) is 0 Å². The van der Waals surface area contributed by atoms with Crippen molar-refractivity contribution in [2.45, 2.75) is 62.3 Å². The van der Waals surface area contributed by atoms with Gasteiger partial charge in [-0.1, -0.05) is 0 Å². The van der Waals surface area contributed by atoms with Crippen LogP contribution in [0, 0.1) is 0 Å². The van der Waals surface area contributed by atoms with Crippen molar-refractivity contribution in [3.63, 3.8) is 0 Å². The number of ether oxygens (including phenoxy) is 3. The molecule has 2 aromatic rings. The molecule has 2 aliphatic rings. The van der Waals surface area contributed by atoms with E-state index in [1.54, 1.807) is 27.9 Å². The molecular formula is C25H30N2O9S. The lowest BCUT2D eigenvalue weighted by atomic mass is 10.0. The maximum Gasteiger partial charge on any atom is 0.412 e. The lowest BCUT2D eigenvalue weighted by molar-refractivity contribution is 0.0633. The molecule has 2 N–H and O–H groups in total. The maximum absolute atomic E-state index is 13.3. The zero-order valence-electron chi connectivity index (χ0n) is 21.1. The van der Waals surface area contributed by atoms with Crippen LogP contribution < -0.4 is 15.6 Å². The summed E-state index contributed by atoms with van der Waals surface area (Å²) in [4.78, 5) is 37.4. The zero-order valence-corrected chi connectivity index (χ0v) is 21.9. The summed E-state index contributed by atoms with van der Waals surface area (Å²) in [5, 5.41) is 12.2. The van der Waals surface area contributed by atoms with E-state index >= 15 is 0 Å². The van der Waals surface area contributed by atoms with Crippen LogP contribution in [0.25, 0.3) is 11.3 Å². The molecule has 0 spiro atoms. The van der Waals surface area contributed by atoms with E-state index in [0.29, 0.717) is 31.6 Å². The summed E-state index contributed by atoms with van der Waals surface area (Å²) in [6.45, 7) is 5.74. The second-order valence-electron chi connectivity index (χ2n) is 10.1. The van der Waals surface area contributed by atoms with E-state index in [1.807, 2.05) is 0 Å². The van der Waals surface area contributed by atoms with Crippen molar-refractivity contribution in [2.75, 3.05) is 25.6 Å². The van der Waals surface area contributed by atoms with Gasteiger partial charge in [0.1, 0.15) is 16.9 Å². The van der Waals surface area contributed by atoms with Crippen molar-refractivity contribution >= 4 is 27.6 Å². The second-order valence-corrected chi connectivity index (χ2v) is 12.0. The number of aromatic carboxylic acids is 1. The quantitative estimate of drug-likeness (QED) is 0.484. The molecule has 1 saturated carbocycles. The number of aromatic nitrogens is 1. The molecule has 0 saturated heterocycles. The van der Waals surface area contributed by atoms with Gasteiger partial charge in [0, 0.05) is 37.8 Å². The van der Waals surface area contributed by atoms with Gasteiger partial charge in [0.15, 0.2) is 9.84 Å². The normalized spacial score (nSPS) is 15.9. The minimum atomic E-state index is -3.92. The van der Waals surface area contributed by atoms with E-state index in [1.165, 1.54) is 16.7 Å². The minimum absolute atomic E-state index is 0.0617. The van der Waals surface area contributed by atoms with E-state index in [9.17, 15) is 27.9 Å². The number of pyridine rings is 1. The van der Waals surface area contributed by atoms with Gasteiger partial charge in [-0.3, -0.25) is 10.1 Å². The Hall–Kier alpha value is -3.38. The Labute approximate surface area is 214 Å². The number of carboxylic acid groups (broad SMARTS) is 1. The Morgan fingerprint density at radius 3 is 2.46 bits per heavy atom. The molecule has 2 heterocycles. The van der Waals surface area contributed by atoms with Crippen LogP contribution in [0.4, 0.5) is 10.5 Å². The Morgan fingerprint density at radius 1 is 1.16 bits per heavy atom. The number of hydrogen-bond acceptors (Lipinski definition) is 8. The number of carbonyl (C=O) groups is 2. The summed E-state index contributed by atoms with van der Waals surface area (Å²) in [5.74, 6) is -1.77. The van der Waals surface area contributed by atoms with Crippen LogP contribution in [0.1, 0.15) is 62.0 Å². The molecule has 1 aliphatic heterocycles. The van der Waals surface area contributed by atoms with Gasteiger partial charge in [0.25, 0.3) is 5.56 Å². The second kappa shape index (κ2) is 9.82. The fourth-order valence-electron chi connectivity index (χ4n) is 4.24. The van der Waals surface area contributed by atoms with Crippen LogP contribution in [0.5, 0.6) is 5.75 Å². The fraction of sp³-hybridized carbons (Fsp3) is 0.480. The molecular weight excluding hydrogens is 504 g/mol. The predicted octanol–water partition coefficient (Wildman–Crippen LogP) is 3.60. The molecule has 0 radical (unpaired) electrons. The number of nitrogens with zero attached hydrogens (tertiary/aromatic N) is 1. The van der Waals surface area contributed by atoms with E-state index in [2.05, 4.69) is 5.32 Å². The summed E-state index contributed by atoms with van der Waals surface area (Å²) in [6, 6.07) is 3.68. The standard InChI is InChI=1S/C25H30N2O9S/c1-25(2,3)36-24(31)26-18-11-16-20(12-19(18)35-9-5-8-34-4)37(32,33)13-14-10-17(23(29)30)22(28)27(21(14)16)15-6-7-15/h10-12,15H,5-9,13H2,1-4H3,(H,26,31)(H,29,30). The SMILES string of the molecule is COCCCOc1cc2c(cc1NC(=O)OC(C)(C)C)-c1c(cc(C(=O)O)c(=O)n1C1CC1)CS2(=O)=O. The van der Waals surface area contributed by atoms with Gasteiger partial charge in [-0.15, -0.1) is 0 Å². The molecule has 37 heavy (non-hydrogen) atoms. The highest BCUT2D eigenvalue weighted by Crippen LogP contribution is 2.46. The third-order valence-electron chi connectivity index (χ3n) is 5.86. The number of nitrogens with one attached hydrogen (secondary N) is 1. The first-order chi connectivity index (χ1) is 17.3. The van der Waals surface area contributed by atoms with Gasteiger partial charge in [-0.05, 0) is 51.3 Å². The minimum Gasteiger partial charge on any atom is -0.491 e. The van der Waals surface area contributed by atoms with Crippen LogP contribution in [-0.4, -0.2) is 56.1 Å². The number of carbonyl (C=O) groups excluding carboxylic acids is 1. The fourth-order valence-corrected chi connectivity index (χ4v) is 5.80. The predicted molar refractivity (Wildman–Crippen MR) is 134 cm³/mol. The van der Waals surface area contributed by atoms with Gasteiger partial charge in [0.2, 0.25) is 0 Å². The molecule has 11 nitrogen and oxygen atoms in total. The van der Waals surface area contributed by atoms with Gasteiger partial charge < -0.3 is 23.9 Å². The Bertz CT molecular complexity index is 1420. The molecule has 0 bridgehead atoms. The van der Waals surface area contributed by atoms with Gasteiger partial charge in [-0.25, -0.2) is 18.0 Å². The highest BCUT2D eigenvalue weighted by molar-refractivity contribution is 7.90. The van der Waals surface area contributed by atoms with Crippen LogP contribution in [-0.2, 0) is 25.1 Å². The monoisotopic (exact) mass is 534 g/mol.